The van der Waals surface area contributed by atoms with Gasteiger partial charge in [0.05, 0.1) is 6.04 Å². The Kier molecular flexibility index (Phi) is 7.30. The maximum absolute atomic E-state index is 12.6. The Bertz CT molecular complexity index is 676. The van der Waals surface area contributed by atoms with E-state index in [9.17, 15) is 4.79 Å². The molecular formula is C20H24Cl2N2O. The summed E-state index contributed by atoms with van der Waals surface area (Å²) in [6.07, 6.45) is 3.35. The average Bonchev–Trinajstić information content (AvgIpc) is 3.03. The second-order valence-electron chi connectivity index (χ2n) is 6.57. The van der Waals surface area contributed by atoms with E-state index in [1.165, 1.54) is 0 Å². The molecule has 1 aliphatic carbocycles. The molecule has 5 heteroatoms. The largest absolute Gasteiger partial charge is 0.349 e. The molecule has 3 unspecified atom stereocenters. The van der Waals surface area contributed by atoms with Crippen molar-refractivity contribution in [3.63, 3.8) is 0 Å². The first kappa shape index (κ1) is 19.8. The molecule has 0 heterocycles. The minimum absolute atomic E-state index is 0. The molecule has 3 nitrogen and oxygen atoms in total. The van der Waals surface area contributed by atoms with Crippen LogP contribution < -0.4 is 11.1 Å². The average molecular weight is 379 g/mol. The molecule has 0 saturated heterocycles. The lowest BCUT2D eigenvalue weighted by atomic mass is 9.97. The van der Waals surface area contributed by atoms with Gasteiger partial charge in [0.2, 0.25) is 5.91 Å². The van der Waals surface area contributed by atoms with E-state index >= 15 is 0 Å². The van der Waals surface area contributed by atoms with E-state index in [2.05, 4.69) is 17.4 Å². The fraction of sp³-hybridized carbons (Fsp3) is 0.350. The van der Waals surface area contributed by atoms with Crippen LogP contribution in [0.4, 0.5) is 0 Å². The third-order valence-corrected chi connectivity index (χ3v) is 4.97. The highest BCUT2D eigenvalue weighted by Crippen LogP contribution is 2.26. The molecular weight excluding hydrogens is 355 g/mol. The van der Waals surface area contributed by atoms with E-state index in [0.717, 1.165) is 41.8 Å². The molecule has 0 spiro atoms. The van der Waals surface area contributed by atoms with Crippen LogP contribution in [0.25, 0.3) is 0 Å². The quantitative estimate of drug-likeness (QED) is 0.814. The van der Waals surface area contributed by atoms with Gasteiger partial charge in [-0.2, -0.15) is 0 Å². The summed E-state index contributed by atoms with van der Waals surface area (Å²) in [5.41, 5.74) is 8.21. The lowest BCUT2D eigenvalue weighted by Crippen LogP contribution is -2.34. The third kappa shape index (κ3) is 5.46. The van der Waals surface area contributed by atoms with Crippen LogP contribution in [0, 0.1) is 5.92 Å². The van der Waals surface area contributed by atoms with Gasteiger partial charge in [0.15, 0.2) is 0 Å². The van der Waals surface area contributed by atoms with E-state index in [-0.39, 0.29) is 36.3 Å². The van der Waals surface area contributed by atoms with Crippen LogP contribution >= 0.6 is 24.0 Å². The molecule has 3 rings (SSSR count). The van der Waals surface area contributed by atoms with Crippen molar-refractivity contribution in [2.24, 2.45) is 11.7 Å². The van der Waals surface area contributed by atoms with Gasteiger partial charge in [-0.3, -0.25) is 4.79 Å². The fourth-order valence-corrected chi connectivity index (χ4v) is 3.46. The summed E-state index contributed by atoms with van der Waals surface area (Å²) < 4.78 is 0. The lowest BCUT2D eigenvalue weighted by molar-refractivity contribution is -0.125. The summed E-state index contributed by atoms with van der Waals surface area (Å²) in [4.78, 5) is 12.6. The van der Waals surface area contributed by atoms with Gasteiger partial charge in [0, 0.05) is 17.0 Å². The van der Waals surface area contributed by atoms with Crippen molar-refractivity contribution in [3.8, 4) is 0 Å². The zero-order chi connectivity index (χ0) is 16.9. The summed E-state index contributed by atoms with van der Waals surface area (Å²) in [6, 6.07) is 18.0. The van der Waals surface area contributed by atoms with E-state index in [1.807, 2.05) is 42.5 Å². The number of hydrogen-bond donors (Lipinski definition) is 2. The second kappa shape index (κ2) is 9.23. The van der Waals surface area contributed by atoms with Crippen LogP contribution in [0.15, 0.2) is 54.6 Å². The Morgan fingerprint density at radius 3 is 2.40 bits per heavy atom. The van der Waals surface area contributed by atoms with E-state index < -0.39 is 0 Å². The molecule has 3 N–H and O–H groups in total. The van der Waals surface area contributed by atoms with Crippen molar-refractivity contribution in [2.75, 3.05) is 0 Å². The van der Waals surface area contributed by atoms with Gasteiger partial charge in [-0.05, 0) is 48.9 Å². The SMILES string of the molecule is Cl.NC1CCC(C(=O)NC(Cc2ccc(Cl)cc2)c2ccccc2)C1. The first-order valence-corrected chi connectivity index (χ1v) is 8.85. The van der Waals surface area contributed by atoms with Crippen molar-refractivity contribution in [3.05, 3.63) is 70.7 Å². The zero-order valence-corrected chi connectivity index (χ0v) is 15.6. The number of carbonyl (C=O) groups is 1. The van der Waals surface area contributed by atoms with Gasteiger partial charge in [-0.25, -0.2) is 0 Å². The van der Waals surface area contributed by atoms with Gasteiger partial charge in [-0.15, -0.1) is 12.4 Å². The lowest BCUT2D eigenvalue weighted by Gasteiger charge is -2.22. The molecule has 25 heavy (non-hydrogen) atoms. The molecule has 1 fully saturated rings. The molecule has 0 aromatic heterocycles. The molecule has 1 aliphatic rings. The Morgan fingerprint density at radius 2 is 1.80 bits per heavy atom. The monoisotopic (exact) mass is 378 g/mol. The predicted molar refractivity (Wildman–Crippen MR) is 105 cm³/mol. The Morgan fingerprint density at radius 1 is 1.12 bits per heavy atom. The van der Waals surface area contributed by atoms with Crippen molar-refractivity contribution in [1.29, 1.82) is 0 Å². The standard InChI is InChI=1S/C20H23ClN2O.ClH/c21-17-9-6-14(7-10-17)12-19(15-4-2-1-3-5-15)23-20(24)16-8-11-18(22)13-16;/h1-7,9-10,16,18-19H,8,11-13,22H2,(H,23,24);1H. The molecule has 0 radical (unpaired) electrons. The molecule has 3 atom stereocenters. The van der Waals surface area contributed by atoms with Gasteiger partial charge in [0.25, 0.3) is 0 Å². The Labute approximate surface area is 160 Å². The number of nitrogens with two attached hydrogens (primary N) is 1. The number of halogens is 2. The van der Waals surface area contributed by atoms with E-state index in [1.54, 1.807) is 0 Å². The molecule has 134 valence electrons. The van der Waals surface area contributed by atoms with Crippen molar-refractivity contribution >= 4 is 29.9 Å². The minimum Gasteiger partial charge on any atom is -0.349 e. The summed E-state index contributed by atoms with van der Waals surface area (Å²) in [6.45, 7) is 0. The first-order chi connectivity index (χ1) is 11.6. The second-order valence-corrected chi connectivity index (χ2v) is 7.01. The first-order valence-electron chi connectivity index (χ1n) is 8.47. The highest BCUT2D eigenvalue weighted by molar-refractivity contribution is 6.30. The van der Waals surface area contributed by atoms with E-state index in [4.69, 9.17) is 17.3 Å². The van der Waals surface area contributed by atoms with Gasteiger partial charge >= 0.3 is 0 Å². The highest BCUT2D eigenvalue weighted by atomic mass is 35.5. The Hall–Kier alpha value is -1.55. The van der Waals surface area contributed by atoms with Crippen LogP contribution in [0.3, 0.4) is 0 Å². The normalized spacial score (nSPS) is 20.6. The van der Waals surface area contributed by atoms with Crippen LogP contribution in [-0.2, 0) is 11.2 Å². The smallest absolute Gasteiger partial charge is 0.223 e. The summed E-state index contributed by atoms with van der Waals surface area (Å²) in [5, 5.41) is 3.95. The number of rotatable bonds is 5. The fourth-order valence-electron chi connectivity index (χ4n) is 3.34. The number of benzene rings is 2. The third-order valence-electron chi connectivity index (χ3n) is 4.72. The Balaban J connectivity index is 0.00000225. The molecule has 0 bridgehead atoms. The van der Waals surface area contributed by atoms with Crippen molar-refractivity contribution in [2.45, 2.75) is 37.8 Å². The van der Waals surface area contributed by atoms with Crippen molar-refractivity contribution < 1.29 is 4.79 Å². The van der Waals surface area contributed by atoms with Gasteiger partial charge in [-0.1, -0.05) is 54.1 Å². The van der Waals surface area contributed by atoms with Gasteiger partial charge in [0.1, 0.15) is 0 Å². The topological polar surface area (TPSA) is 55.1 Å². The minimum atomic E-state index is -0.0447. The van der Waals surface area contributed by atoms with Gasteiger partial charge < -0.3 is 11.1 Å². The molecule has 1 amide bonds. The molecule has 2 aromatic carbocycles. The number of carbonyl (C=O) groups excluding carboxylic acids is 1. The highest BCUT2D eigenvalue weighted by Gasteiger charge is 2.29. The zero-order valence-electron chi connectivity index (χ0n) is 14.0. The summed E-state index contributed by atoms with van der Waals surface area (Å²) in [7, 11) is 0. The predicted octanol–water partition coefficient (Wildman–Crippen LogP) is 4.29. The van der Waals surface area contributed by atoms with E-state index in [0.29, 0.717) is 0 Å². The maximum Gasteiger partial charge on any atom is 0.223 e. The molecule has 0 aliphatic heterocycles. The molecule has 1 saturated carbocycles. The maximum atomic E-state index is 12.6. The molecule has 2 aromatic rings. The van der Waals surface area contributed by atoms with Crippen LogP contribution in [0.5, 0.6) is 0 Å². The summed E-state index contributed by atoms with van der Waals surface area (Å²) >= 11 is 5.97. The number of amides is 1. The number of nitrogens with one attached hydrogen (secondary N) is 1. The van der Waals surface area contributed by atoms with Crippen LogP contribution in [0.2, 0.25) is 5.02 Å². The van der Waals surface area contributed by atoms with Crippen LogP contribution in [0.1, 0.15) is 36.4 Å². The number of hydrogen-bond acceptors (Lipinski definition) is 2. The van der Waals surface area contributed by atoms with Crippen LogP contribution in [-0.4, -0.2) is 11.9 Å². The van der Waals surface area contributed by atoms with Crippen molar-refractivity contribution in [1.82, 2.24) is 5.32 Å². The summed E-state index contributed by atoms with van der Waals surface area (Å²) in [5.74, 6) is 0.155.